The Bertz CT molecular complexity index is 636. The zero-order valence-electron chi connectivity index (χ0n) is 13.1. The number of ether oxygens (including phenoxy) is 1. The maximum Gasteiger partial charge on any atom is 0.226 e. The molecule has 1 unspecified atom stereocenters. The Morgan fingerprint density at radius 1 is 1.13 bits per heavy atom. The molecule has 4 nitrogen and oxygen atoms in total. The fourth-order valence-electron chi connectivity index (χ4n) is 2.36. The molecular formula is C19H22N2O2. The van der Waals surface area contributed by atoms with Gasteiger partial charge in [0.15, 0.2) is 0 Å². The van der Waals surface area contributed by atoms with Crippen molar-refractivity contribution in [2.75, 3.05) is 11.9 Å². The molecular weight excluding hydrogens is 288 g/mol. The molecule has 1 saturated carbocycles. The highest BCUT2D eigenvalue weighted by Crippen LogP contribution is 2.29. The normalized spacial score (nSPS) is 15.0. The van der Waals surface area contributed by atoms with Crippen LogP contribution in [0, 0.1) is 5.92 Å². The lowest BCUT2D eigenvalue weighted by Crippen LogP contribution is -2.20. The third kappa shape index (κ3) is 4.83. The van der Waals surface area contributed by atoms with Gasteiger partial charge in [-0.15, -0.1) is 0 Å². The molecule has 3 rings (SSSR count). The van der Waals surface area contributed by atoms with Crippen molar-refractivity contribution in [3.8, 4) is 5.75 Å². The van der Waals surface area contributed by atoms with Crippen LogP contribution in [-0.2, 0) is 4.79 Å². The van der Waals surface area contributed by atoms with Gasteiger partial charge in [-0.05, 0) is 48.6 Å². The molecule has 4 heteroatoms. The van der Waals surface area contributed by atoms with Gasteiger partial charge in [0, 0.05) is 18.2 Å². The van der Waals surface area contributed by atoms with E-state index in [9.17, 15) is 4.79 Å². The Kier molecular flexibility index (Phi) is 4.93. The molecule has 1 fully saturated rings. The van der Waals surface area contributed by atoms with E-state index in [1.165, 1.54) is 12.8 Å². The molecule has 1 atom stereocenters. The summed E-state index contributed by atoms with van der Waals surface area (Å²) in [6.07, 6.45) is 2.80. The Balaban J connectivity index is 1.48. The van der Waals surface area contributed by atoms with E-state index in [1.54, 1.807) is 0 Å². The minimum absolute atomic E-state index is 0.0898. The zero-order valence-corrected chi connectivity index (χ0v) is 13.1. The van der Waals surface area contributed by atoms with E-state index in [2.05, 4.69) is 5.32 Å². The number of hydrogen-bond acceptors (Lipinski definition) is 3. The van der Waals surface area contributed by atoms with E-state index in [-0.39, 0.29) is 18.4 Å². The Morgan fingerprint density at radius 3 is 2.48 bits per heavy atom. The second-order valence-electron chi connectivity index (χ2n) is 6.05. The second kappa shape index (κ2) is 7.29. The lowest BCUT2D eigenvalue weighted by molar-refractivity contribution is -0.116. The van der Waals surface area contributed by atoms with E-state index in [0.717, 1.165) is 29.5 Å². The highest BCUT2D eigenvalue weighted by Gasteiger charge is 2.21. The van der Waals surface area contributed by atoms with Crippen LogP contribution in [0.2, 0.25) is 0 Å². The van der Waals surface area contributed by atoms with Gasteiger partial charge < -0.3 is 15.8 Å². The third-order valence-corrected chi connectivity index (χ3v) is 3.95. The van der Waals surface area contributed by atoms with Crippen LogP contribution in [0.25, 0.3) is 0 Å². The van der Waals surface area contributed by atoms with Crippen molar-refractivity contribution in [3.63, 3.8) is 0 Å². The molecule has 2 aromatic carbocycles. The minimum Gasteiger partial charge on any atom is -0.493 e. The van der Waals surface area contributed by atoms with Crippen LogP contribution in [-0.4, -0.2) is 12.5 Å². The van der Waals surface area contributed by atoms with Crippen molar-refractivity contribution in [1.82, 2.24) is 0 Å². The van der Waals surface area contributed by atoms with Crippen LogP contribution < -0.4 is 15.8 Å². The average molecular weight is 310 g/mol. The van der Waals surface area contributed by atoms with Gasteiger partial charge in [0.25, 0.3) is 0 Å². The molecule has 3 N–H and O–H groups in total. The van der Waals surface area contributed by atoms with Crippen LogP contribution in [0.15, 0.2) is 54.6 Å². The number of carbonyl (C=O) groups excluding carboxylic acids is 1. The Labute approximate surface area is 136 Å². The van der Waals surface area contributed by atoms with E-state index >= 15 is 0 Å². The number of nitrogens with one attached hydrogen (secondary N) is 1. The fourth-order valence-corrected chi connectivity index (χ4v) is 2.36. The van der Waals surface area contributed by atoms with Gasteiger partial charge in [-0.3, -0.25) is 4.79 Å². The van der Waals surface area contributed by atoms with Crippen molar-refractivity contribution < 1.29 is 9.53 Å². The van der Waals surface area contributed by atoms with Gasteiger partial charge in [-0.1, -0.05) is 30.3 Å². The van der Waals surface area contributed by atoms with Gasteiger partial charge in [0.1, 0.15) is 5.75 Å². The maximum absolute atomic E-state index is 12.1. The van der Waals surface area contributed by atoms with Gasteiger partial charge in [0.05, 0.1) is 6.61 Å². The highest BCUT2D eigenvalue weighted by molar-refractivity contribution is 5.91. The number of anilines is 1. The van der Waals surface area contributed by atoms with Crippen molar-refractivity contribution in [3.05, 3.63) is 60.2 Å². The van der Waals surface area contributed by atoms with E-state index in [1.807, 2.05) is 54.6 Å². The molecule has 0 bridgehead atoms. The van der Waals surface area contributed by atoms with E-state index in [0.29, 0.717) is 0 Å². The molecule has 0 heterocycles. The molecule has 23 heavy (non-hydrogen) atoms. The van der Waals surface area contributed by atoms with Crippen LogP contribution in [0.3, 0.4) is 0 Å². The smallest absolute Gasteiger partial charge is 0.226 e. The summed E-state index contributed by atoms with van der Waals surface area (Å²) in [5.74, 6) is 1.48. The van der Waals surface area contributed by atoms with Gasteiger partial charge in [-0.25, -0.2) is 0 Å². The molecule has 1 aliphatic rings. The first-order chi connectivity index (χ1) is 11.2. The summed E-state index contributed by atoms with van der Waals surface area (Å²) in [6.45, 7) is 0.789. The molecule has 1 amide bonds. The predicted octanol–water partition coefficient (Wildman–Crippen LogP) is 3.50. The minimum atomic E-state index is -0.294. The summed E-state index contributed by atoms with van der Waals surface area (Å²) in [6, 6.07) is 16.8. The monoisotopic (exact) mass is 310 g/mol. The summed E-state index contributed by atoms with van der Waals surface area (Å²) < 4.78 is 5.68. The molecule has 0 aromatic heterocycles. The molecule has 2 aromatic rings. The average Bonchev–Trinajstić information content (AvgIpc) is 3.39. The second-order valence-corrected chi connectivity index (χ2v) is 6.05. The first-order valence-electron chi connectivity index (χ1n) is 8.04. The molecule has 120 valence electrons. The summed E-state index contributed by atoms with van der Waals surface area (Å²) in [7, 11) is 0. The van der Waals surface area contributed by atoms with Gasteiger partial charge in [-0.2, -0.15) is 0 Å². The highest BCUT2D eigenvalue weighted by atomic mass is 16.5. The van der Waals surface area contributed by atoms with Crippen molar-refractivity contribution in [2.24, 2.45) is 11.7 Å². The van der Waals surface area contributed by atoms with Crippen LogP contribution in [0.4, 0.5) is 5.69 Å². The molecule has 0 spiro atoms. The summed E-state index contributed by atoms with van der Waals surface area (Å²) in [4.78, 5) is 12.1. The van der Waals surface area contributed by atoms with Crippen molar-refractivity contribution in [1.29, 1.82) is 0 Å². The van der Waals surface area contributed by atoms with E-state index in [4.69, 9.17) is 10.5 Å². The van der Waals surface area contributed by atoms with Gasteiger partial charge in [0.2, 0.25) is 5.91 Å². The number of carbonyl (C=O) groups is 1. The number of rotatable bonds is 7. The quantitative estimate of drug-likeness (QED) is 0.822. The van der Waals surface area contributed by atoms with Gasteiger partial charge >= 0.3 is 0 Å². The number of nitrogens with two attached hydrogens (primary N) is 1. The molecule has 0 radical (unpaired) electrons. The van der Waals surface area contributed by atoms with Crippen molar-refractivity contribution >= 4 is 11.6 Å². The zero-order chi connectivity index (χ0) is 16.1. The summed E-state index contributed by atoms with van der Waals surface area (Å²) in [5, 5.41) is 2.87. The maximum atomic E-state index is 12.1. The first-order valence-corrected chi connectivity index (χ1v) is 8.04. The van der Waals surface area contributed by atoms with Crippen LogP contribution >= 0.6 is 0 Å². The van der Waals surface area contributed by atoms with E-state index < -0.39 is 0 Å². The topological polar surface area (TPSA) is 64.4 Å². The van der Waals surface area contributed by atoms with Crippen molar-refractivity contribution in [2.45, 2.75) is 25.3 Å². The number of amides is 1. The Morgan fingerprint density at radius 2 is 1.83 bits per heavy atom. The number of benzene rings is 2. The fraction of sp³-hybridized carbons (Fsp3) is 0.316. The lowest BCUT2D eigenvalue weighted by atomic mass is 10.0. The number of hydrogen-bond donors (Lipinski definition) is 2. The standard InChI is InChI=1S/C19H22N2O2/c20-18(15-4-2-1-3-5-15)12-19(22)21-16-8-10-17(11-9-16)23-13-14-6-7-14/h1-5,8-11,14,18H,6-7,12-13,20H2,(H,21,22). The largest absolute Gasteiger partial charge is 0.493 e. The van der Waals surface area contributed by atoms with Crippen LogP contribution in [0.1, 0.15) is 30.9 Å². The third-order valence-electron chi connectivity index (χ3n) is 3.95. The molecule has 1 aliphatic carbocycles. The lowest BCUT2D eigenvalue weighted by Gasteiger charge is -2.12. The van der Waals surface area contributed by atoms with Crippen LogP contribution in [0.5, 0.6) is 5.75 Å². The summed E-state index contributed by atoms with van der Waals surface area (Å²) >= 11 is 0. The molecule has 0 aliphatic heterocycles. The molecule has 0 saturated heterocycles. The summed E-state index contributed by atoms with van der Waals surface area (Å²) in [5.41, 5.74) is 7.79. The Hall–Kier alpha value is -2.33. The first kappa shape index (κ1) is 15.6. The SMILES string of the molecule is NC(CC(=O)Nc1ccc(OCC2CC2)cc1)c1ccccc1. The predicted molar refractivity (Wildman–Crippen MR) is 91.3 cm³/mol.